The van der Waals surface area contributed by atoms with E-state index in [4.69, 9.17) is 0 Å². The number of hydrogen-bond acceptors (Lipinski definition) is 7. The van der Waals surface area contributed by atoms with Gasteiger partial charge in [-0.15, -0.1) is 0 Å². The van der Waals surface area contributed by atoms with Crippen LogP contribution < -0.4 is 0 Å². The summed E-state index contributed by atoms with van der Waals surface area (Å²) >= 11 is 4.25. The average molecular weight is 341 g/mol. The Balaban J connectivity index is 2.11. The molecule has 8 heteroatoms. The van der Waals surface area contributed by atoms with Crippen LogP contribution in [0, 0.1) is 0 Å². The maximum absolute atomic E-state index is 11.3. The van der Waals surface area contributed by atoms with E-state index >= 15 is 0 Å². The molecule has 1 rings (SSSR count). The van der Waals surface area contributed by atoms with E-state index in [-0.39, 0.29) is 5.75 Å². The molecular formula is C12H24N2O3S3. The van der Waals surface area contributed by atoms with Gasteiger partial charge in [-0.25, -0.2) is 0 Å². The summed E-state index contributed by atoms with van der Waals surface area (Å²) in [5.74, 6) is 0.0292. The number of thiol groups is 1. The van der Waals surface area contributed by atoms with Gasteiger partial charge in [0.05, 0.1) is 23.5 Å². The van der Waals surface area contributed by atoms with E-state index in [9.17, 15) is 8.42 Å². The highest BCUT2D eigenvalue weighted by Gasteiger charge is 2.15. The van der Waals surface area contributed by atoms with E-state index in [1.165, 1.54) is 25.7 Å². The second-order valence-corrected chi connectivity index (χ2v) is 7.55. The summed E-state index contributed by atoms with van der Waals surface area (Å²) in [5.41, 5.74) is 0. The fraction of sp³-hybridized carbons (Fsp3) is 0.833. The van der Waals surface area contributed by atoms with E-state index in [1.807, 2.05) is 6.20 Å². The maximum atomic E-state index is 11.3. The standard InChI is InChI=1S/C12H24N2O3S3/c1-2-3-4-5-7-13-9-10-14(12-13)8-6-11-20(15,16)17-19-18/h9-10,18H,2-8,11-12H2,1H3. The zero-order valence-electron chi connectivity index (χ0n) is 11.9. The Kier molecular flexibility index (Phi) is 8.83. The molecule has 0 fully saturated rings. The lowest BCUT2D eigenvalue weighted by Gasteiger charge is -2.21. The quantitative estimate of drug-likeness (QED) is 0.270. The van der Waals surface area contributed by atoms with Crippen LogP contribution in [-0.2, 0) is 13.7 Å². The first kappa shape index (κ1) is 18.0. The molecule has 118 valence electrons. The lowest BCUT2D eigenvalue weighted by molar-refractivity contribution is 0.261. The SMILES string of the molecule is CCCCCCN1C=CN(CCCS(=O)(=O)OSS)C1. The molecule has 0 amide bonds. The van der Waals surface area contributed by atoms with Crippen molar-refractivity contribution in [1.82, 2.24) is 9.80 Å². The van der Waals surface area contributed by atoms with Crippen LogP contribution in [0.5, 0.6) is 0 Å². The molecule has 0 atom stereocenters. The van der Waals surface area contributed by atoms with Gasteiger partial charge in [-0.05, 0) is 12.8 Å². The van der Waals surface area contributed by atoms with Crippen LogP contribution in [0.2, 0.25) is 0 Å². The van der Waals surface area contributed by atoms with Gasteiger partial charge in [0.15, 0.2) is 0 Å². The third kappa shape index (κ3) is 7.66. The first-order valence-corrected chi connectivity index (χ1v) is 10.3. The Labute approximate surface area is 131 Å². The van der Waals surface area contributed by atoms with Gasteiger partial charge in [0, 0.05) is 25.5 Å². The summed E-state index contributed by atoms with van der Waals surface area (Å²) in [6.45, 7) is 4.86. The molecule has 0 unspecified atom stereocenters. The average Bonchev–Trinajstić information content (AvgIpc) is 2.82. The summed E-state index contributed by atoms with van der Waals surface area (Å²) in [7, 11) is -3.44. The van der Waals surface area contributed by atoms with Crippen LogP contribution in [0.25, 0.3) is 0 Å². The first-order chi connectivity index (χ1) is 9.57. The molecule has 20 heavy (non-hydrogen) atoms. The molecule has 0 aromatic heterocycles. The highest BCUT2D eigenvalue weighted by molar-refractivity contribution is 8.67. The van der Waals surface area contributed by atoms with Gasteiger partial charge in [-0.3, -0.25) is 0 Å². The molecule has 0 aromatic carbocycles. The first-order valence-electron chi connectivity index (χ1n) is 6.96. The van der Waals surface area contributed by atoms with Crippen molar-refractivity contribution in [3.63, 3.8) is 0 Å². The van der Waals surface area contributed by atoms with Crippen molar-refractivity contribution in [2.75, 3.05) is 25.5 Å². The normalized spacial score (nSPS) is 15.3. The zero-order valence-corrected chi connectivity index (χ0v) is 14.4. The van der Waals surface area contributed by atoms with Crippen LogP contribution in [-0.4, -0.2) is 43.7 Å². The Morgan fingerprint density at radius 1 is 1.15 bits per heavy atom. The van der Waals surface area contributed by atoms with Crippen molar-refractivity contribution in [3.8, 4) is 0 Å². The third-order valence-corrected chi connectivity index (χ3v) is 5.53. The van der Waals surface area contributed by atoms with E-state index < -0.39 is 10.1 Å². The van der Waals surface area contributed by atoms with Crippen molar-refractivity contribution < 1.29 is 12.0 Å². The van der Waals surface area contributed by atoms with E-state index in [0.29, 0.717) is 17.5 Å². The Bertz CT molecular complexity index is 387. The molecule has 1 heterocycles. The van der Waals surface area contributed by atoms with Gasteiger partial charge in [0.1, 0.15) is 0 Å². The maximum Gasteiger partial charge on any atom is 0.278 e. The van der Waals surface area contributed by atoms with Crippen molar-refractivity contribution in [2.24, 2.45) is 0 Å². The van der Waals surface area contributed by atoms with Crippen LogP contribution in [0.1, 0.15) is 39.0 Å². The highest BCUT2D eigenvalue weighted by atomic mass is 33.1. The minimum atomic E-state index is -3.44. The van der Waals surface area contributed by atoms with Crippen molar-refractivity contribution in [2.45, 2.75) is 39.0 Å². The molecule has 0 aromatic rings. The molecule has 0 saturated heterocycles. The minimum Gasteiger partial charge on any atom is -0.359 e. The lowest BCUT2D eigenvalue weighted by Crippen LogP contribution is -2.27. The minimum absolute atomic E-state index is 0.0292. The van der Waals surface area contributed by atoms with Gasteiger partial charge in [0.25, 0.3) is 10.1 Å². The molecule has 0 N–H and O–H groups in total. The van der Waals surface area contributed by atoms with Crippen LogP contribution >= 0.6 is 22.7 Å². The summed E-state index contributed by atoms with van der Waals surface area (Å²) in [5, 5.41) is 0. The number of unbranched alkanes of at least 4 members (excludes halogenated alkanes) is 3. The molecule has 0 radical (unpaired) electrons. The van der Waals surface area contributed by atoms with E-state index in [2.05, 4.69) is 38.2 Å². The van der Waals surface area contributed by atoms with Crippen molar-refractivity contribution in [1.29, 1.82) is 0 Å². The molecular weight excluding hydrogens is 316 g/mol. The van der Waals surface area contributed by atoms with Gasteiger partial charge < -0.3 is 9.80 Å². The predicted molar refractivity (Wildman–Crippen MR) is 87.6 cm³/mol. The van der Waals surface area contributed by atoms with Gasteiger partial charge in [0.2, 0.25) is 0 Å². The highest BCUT2D eigenvalue weighted by Crippen LogP contribution is 2.14. The number of hydrogen-bond donors (Lipinski definition) is 1. The molecule has 0 bridgehead atoms. The summed E-state index contributed by atoms with van der Waals surface area (Å²) in [4.78, 5) is 4.40. The van der Waals surface area contributed by atoms with E-state index in [1.54, 1.807) is 0 Å². The zero-order chi connectivity index (χ0) is 14.8. The summed E-state index contributed by atoms with van der Waals surface area (Å²) in [6, 6.07) is 0. The van der Waals surface area contributed by atoms with Crippen molar-refractivity contribution >= 4 is 32.9 Å². The van der Waals surface area contributed by atoms with Crippen molar-refractivity contribution in [3.05, 3.63) is 12.4 Å². The smallest absolute Gasteiger partial charge is 0.278 e. The second kappa shape index (κ2) is 9.81. The predicted octanol–water partition coefficient (Wildman–Crippen LogP) is 2.84. The molecule has 0 spiro atoms. The third-order valence-electron chi connectivity index (χ3n) is 3.12. The largest absolute Gasteiger partial charge is 0.359 e. The van der Waals surface area contributed by atoms with Crippen LogP contribution in [0.4, 0.5) is 0 Å². The van der Waals surface area contributed by atoms with Gasteiger partial charge in [-0.2, -0.15) is 12.0 Å². The van der Waals surface area contributed by atoms with Gasteiger partial charge in [-0.1, -0.05) is 37.8 Å². The second-order valence-electron chi connectivity index (χ2n) is 4.88. The molecule has 0 aliphatic carbocycles. The molecule has 5 nitrogen and oxygen atoms in total. The molecule has 1 aliphatic heterocycles. The Morgan fingerprint density at radius 3 is 2.40 bits per heavy atom. The summed E-state index contributed by atoms with van der Waals surface area (Å²) in [6.07, 6.45) is 9.71. The molecule has 1 aliphatic rings. The summed E-state index contributed by atoms with van der Waals surface area (Å²) < 4.78 is 27.2. The van der Waals surface area contributed by atoms with Crippen LogP contribution in [0.3, 0.4) is 0 Å². The lowest BCUT2D eigenvalue weighted by atomic mass is 10.2. The molecule has 0 saturated carbocycles. The monoisotopic (exact) mass is 340 g/mol. The Morgan fingerprint density at radius 2 is 1.80 bits per heavy atom. The van der Waals surface area contributed by atoms with Crippen LogP contribution in [0.15, 0.2) is 12.4 Å². The number of rotatable bonds is 11. The fourth-order valence-electron chi connectivity index (χ4n) is 2.07. The topological polar surface area (TPSA) is 49.9 Å². The van der Waals surface area contributed by atoms with E-state index in [0.717, 1.165) is 19.8 Å². The number of nitrogens with zero attached hydrogens (tertiary/aromatic N) is 2. The fourth-order valence-corrected chi connectivity index (χ4v) is 4.03. The van der Waals surface area contributed by atoms with Gasteiger partial charge >= 0.3 is 0 Å². The Hall–Kier alpha value is -0.0500.